The predicted molar refractivity (Wildman–Crippen MR) is 157 cm³/mol. The second-order valence-corrected chi connectivity index (χ2v) is 23.5. The number of rotatable bonds is 16. The van der Waals surface area contributed by atoms with Gasteiger partial charge < -0.3 is 0 Å². The zero-order chi connectivity index (χ0) is 53.8. The molecule has 0 saturated heterocycles. The molecule has 0 saturated carbocycles. The Morgan fingerprint density at radius 3 is 0.612 bits per heavy atom. The van der Waals surface area contributed by atoms with E-state index in [0.29, 0.717) is 12.2 Å². The van der Waals surface area contributed by atoms with Gasteiger partial charge in [0.2, 0.25) is 0 Å². The summed E-state index contributed by atoms with van der Waals surface area (Å²) in [6.45, 7) is 0.657. The van der Waals surface area contributed by atoms with Crippen molar-refractivity contribution in [2.75, 3.05) is 0 Å². The standard InChI is InChI=1S/2C15H10F17Si.Zr/c2*1-33(2,7-5-3-4-6-7)15(31,32)13(26,27)11(22,23)9(18,19)8(16,17)10(20,21)12(24,25)14(28,29)30;/h2*3,5H,4H2,1-2H3;/q2*-1;+2. The van der Waals surface area contributed by atoms with Crippen LogP contribution in [0.2, 0.25) is 26.2 Å². The minimum absolute atomic E-state index is 0. The molecule has 390 valence electrons. The number of halogens is 34. The third-order valence-electron chi connectivity index (χ3n) is 9.75. The fourth-order valence-electron chi connectivity index (χ4n) is 5.12. The van der Waals surface area contributed by atoms with Gasteiger partial charge in [0, 0.05) is 0 Å². The number of alkyl halides is 34. The van der Waals surface area contributed by atoms with Crippen LogP contribution in [-0.2, 0) is 26.2 Å². The van der Waals surface area contributed by atoms with Gasteiger partial charge in [0.05, 0.1) is 0 Å². The van der Waals surface area contributed by atoms with E-state index in [4.69, 9.17) is 0 Å². The van der Waals surface area contributed by atoms with Crippen molar-refractivity contribution in [1.82, 2.24) is 0 Å². The number of hydrogen-bond acceptors (Lipinski definition) is 0. The molecular weight excluding hydrogens is 1150 g/mol. The molecule has 0 aromatic heterocycles. The minimum Gasteiger partial charge on any atom is -0.273 e. The quantitative estimate of drug-likeness (QED) is 0.0821. The van der Waals surface area contributed by atoms with E-state index in [9.17, 15) is 149 Å². The summed E-state index contributed by atoms with van der Waals surface area (Å²) in [5.41, 5.74) is -12.7. The van der Waals surface area contributed by atoms with Crippen LogP contribution in [-0.4, -0.2) is 111 Å². The number of hydrogen-bond donors (Lipinski definition) is 0. The van der Waals surface area contributed by atoms with Crippen LogP contribution in [0.15, 0.2) is 34.7 Å². The van der Waals surface area contributed by atoms with Crippen LogP contribution in [0.25, 0.3) is 0 Å². The Bertz CT molecular complexity index is 1770. The average molecular weight is 1170 g/mol. The van der Waals surface area contributed by atoms with Gasteiger partial charge in [-0.2, -0.15) is 144 Å². The Morgan fingerprint density at radius 1 is 0.299 bits per heavy atom. The van der Waals surface area contributed by atoms with Crippen molar-refractivity contribution in [3.63, 3.8) is 0 Å². The average Bonchev–Trinajstić information content (AvgIpc) is 3.86. The third-order valence-corrected chi connectivity index (χ3v) is 16.9. The molecule has 67 heavy (non-hydrogen) atoms. The molecule has 0 aromatic rings. The molecule has 0 fully saturated rings. The fourth-order valence-corrected chi connectivity index (χ4v) is 9.84. The summed E-state index contributed by atoms with van der Waals surface area (Å²) in [5.74, 6) is -99.4. The van der Waals surface area contributed by atoms with Crippen molar-refractivity contribution in [1.29, 1.82) is 0 Å². The Labute approximate surface area is 371 Å². The van der Waals surface area contributed by atoms with E-state index < -0.39 is 121 Å². The molecule has 2 aliphatic carbocycles. The minimum atomic E-state index is -8.60. The molecule has 0 amide bonds. The van der Waals surface area contributed by atoms with E-state index in [-0.39, 0.29) is 65.2 Å². The van der Waals surface area contributed by atoms with E-state index >= 15 is 0 Å². The van der Waals surface area contributed by atoms with Gasteiger partial charge in [0.15, 0.2) is 0 Å². The van der Waals surface area contributed by atoms with Gasteiger partial charge in [0.25, 0.3) is 11.1 Å². The van der Waals surface area contributed by atoms with Gasteiger partial charge in [0.1, 0.15) is 16.1 Å². The molecule has 2 aliphatic rings. The third kappa shape index (κ3) is 8.68. The molecule has 0 aliphatic heterocycles. The summed E-state index contributed by atoms with van der Waals surface area (Å²) in [4.78, 5) is 0. The van der Waals surface area contributed by atoms with Crippen LogP contribution >= 0.6 is 0 Å². The van der Waals surface area contributed by atoms with E-state index in [0.717, 1.165) is 12.2 Å². The molecule has 0 heterocycles. The van der Waals surface area contributed by atoms with Crippen molar-refractivity contribution in [2.45, 2.75) is 134 Å². The first kappa shape index (κ1) is 64.9. The first-order valence-corrected chi connectivity index (χ1v) is 22.2. The van der Waals surface area contributed by atoms with Gasteiger partial charge >= 0.3 is 110 Å². The topological polar surface area (TPSA) is 0 Å². The molecule has 0 atom stereocenters. The molecule has 0 nitrogen and oxygen atoms in total. The van der Waals surface area contributed by atoms with Crippen molar-refractivity contribution >= 4 is 16.1 Å². The molecular formula is C30H20F34Si2Zr. The first-order chi connectivity index (χ1) is 28.2. The molecule has 0 radical (unpaired) electrons. The fraction of sp³-hybridized carbons (Fsp3) is 0.733. The normalized spacial score (nSPS) is 17.8. The maximum atomic E-state index is 14.4. The van der Waals surface area contributed by atoms with Crippen LogP contribution in [0.1, 0.15) is 12.8 Å². The summed E-state index contributed by atoms with van der Waals surface area (Å²) in [7, 11) is -10.9. The smallest absolute Gasteiger partial charge is 0.273 e. The Kier molecular flexibility index (Phi) is 17.0. The largest absolute Gasteiger partial charge is 2.00 e. The van der Waals surface area contributed by atoms with E-state index in [1.807, 2.05) is 12.2 Å². The van der Waals surface area contributed by atoms with Crippen LogP contribution in [0, 0.1) is 12.2 Å². The molecule has 2 rings (SSSR count). The van der Waals surface area contributed by atoms with Crippen LogP contribution in [0.4, 0.5) is 149 Å². The summed E-state index contributed by atoms with van der Waals surface area (Å²) in [6.07, 6.45) is -9.00. The predicted octanol–water partition coefficient (Wildman–Crippen LogP) is 14.9. The molecule has 0 aromatic carbocycles. The van der Waals surface area contributed by atoms with Gasteiger partial charge in [-0.05, 0) is 0 Å². The van der Waals surface area contributed by atoms with Gasteiger partial charge in [-0.1, -0.05) is 26.2 Å². The summed E-state index contributed by atoms with van der Waals surface area (Å²) < 4.78 is 454. The van der Waals surface area contributed by atoms with Crippen molar-refractivity contribution < 1.29 is 175 Å². The van der Waals surface area contributed by atoms with Crippen molar-refractivity contribution in [3.8, 4) is 0 Å². The molecule has 0 N–H and O–H groups in total. The van der Waals surface area contributed by atoms with Crippen LogP contribution in [0.3, 0.4) is 0 Å². The maximum absolute atomic E-state index is 14.4. The second-order valence-electron chi connectivity index (χ2n) is 14.7. The van der Waals surface area contributed by atoms with E-state index in [2.05, 4.69) is 0 Å². The Hall–Kier alpha value is -2.10. The SMILES string of the molecule is C[Si](C)(C1=[C-]CC=C1)C(F)(F)C(F)(F)C(F)(F)C(F)(F)C(F)(F)C(F)(F)C(F)(F)C(F)(F)F.C[Si](C)(C1=[C-]CC=C1)C(F)(F)C(F)(F)C(F)(F)C(F)(F)C(F)(F)C(F)(F)C(F)(F)C(F)(F)F.[Zr+2]. The molecule has 0 bridgehead atoms. The molecule has 37 heteroatoms. The zero-order valence-electron chi connectivity index (χ0n) is 32.1. The molecule has 0 unspecified atom stereocenters. The number of allylic oxidation sites excluding steroid dienone is 8. The molecule has 0 spiro atoms. The first-order valence-electron chi connectivity index (χ1n) is 16.2. The summed E-state index contributed by atoms with van der Waals surface area (Å²) in [5, 5.41) is -1.79. The Balaban J connectivity index is 0.00000128. The van der Waals surface area contributed by atoms with E-state index in [1.54, 1.807) is 0 Å². The maximum Gasteiger partial charge on any atom is 2.00 e. The van der Waals surface area contributed by atoms with Crippen molar-refractivity contribution in [3.05, 3.63) is 46.8 Å². The zero-order valence-corrected chi connectivity index (χ0v) is 36.5. The van der Waals surface area contributed by atoms with Gasteiger partial charge in [-0.15, -0.1) is 12.8 Å². The van der Waals surface area contributed by atoms with Gasteiger partial charge in [-0.25, -0.2) is 40.1 Å². The van der Waals surface area contributed by atoms with Crippen LogP contribution < -0.4 is 0 Å². The summed E-state index contributed by atoms with van der Waals surface area (Å²) >= 11 is 0. The summed E-state index contributed by atoms with van der Waals surface area (Å²) in [6, 6.07) is 0. The Morgan fingerprint density at radius 2 is 0.463 bits per heavy atom. The second kappa shape index (κ2) is 17.6. The van der Waals surface area contributed by atoms with Crippen molar-refractivity contribution in [2.24, 2.45) is 0 Å². The monoisotopic (exact) mass is 1170 g/mol. The van der Waals surface area contributed by atoms with Crippen LogP contribution in [0.5, 0.6) is 0 Å². The van der Waals surface area contributed by atoms with Gasteiger partial charge in [-0.3, -0.25) is 12.2 Å². The van der Waals surface area contributed by atoms with E-state index in [1.165, 1.54) is 0 Å².